The number of nitrogens with zero attached hydrogens (tertiary/aromatic N) is 4. The number of hydrogen-bond donors (Lipinski definition) is 1. The third-order valence-electron chi connectivity index (χ3n) is 3.00. The molecular weight excluding hydrogens is 238 g/mol. The lowest BCUT2D eigenvalue weighted by molar-refractivity contribution is 0.400. The molecule has 5 nitrogen and oxygen atoms in total. The molecule has 1 N–H and O–H groups in total. The maximum Gasteiger partial charge on any atom is 0.204 e. The average Bonchev–Trinajstić information content (AvgIpc) is 2.94. The van der Waals surface area contributed by atoms with Crippen LogP contribution in [-0.4, -0.2) is 33.3 Å². The Morgan fingerprint density at radius 1 is 1.26 bits per heavy atom. The summed E-state index contributed by atoms with van der Waals surface area (Å²) in [6.07, 6.45) is 2.41. The maximum absolute atomic E-state index is 4.43. The molecule has 1 aromatic carbocycles. The molecule has 0 aliphatic heterocycles. The smallest absolute Gasteiger partial charge is 0.204 e. The fourth-order valence-corrected chi connectivity index (χ4v) is 1.81. The molecule has 5 heteroatoms. The van der Waals surface area contributed by atoms with Gasteiger partial charge in [0.25, 0.3) is 0 Å². The Morgan fingerprint density at radius 2 is 2.05 bits per heavy atom. The normalized spacial score (nSPS) is 12.5. The van der Waals surface area contributed by atoms with Crippen molar-refractivity contribution in [1.29, 1.82) is 0 Å². The molecule has 0 fully saturated rings. The van der Waals surface area contributed by atoms with Crippen molar-refractivity contribution in [2.45, 2.75) is 32.7 Å². The number of nitrogens with one attached hydrogen (secondary N) is 1. The summed E-state index contributed by atoms with van der Waals surface area (Å²) in [4.78, 5) is 1.68. The quantitative estimate of drug-likeness (QED) is 0.775. The SMILES string of the molecule is CCCCNCC(C)n1nnc(-c2ccccc2)n1. The van der Waals surface area contributed by atoms with Gasteiger partial charge in [-0.05, 0) is 25.1 Å². The lowest BCUT2D eigenvalue weighted by atomic mass is 10.2. The molecule has 2 aromatic rings. The van der Waals surface area contributed by atoms with E-state index < -0.39 is 0 Å². The molecule has 0 saturated carbocycles. The van der Waals surface area contributed by atoms with Crippen LogP contribution in [0, 0.1) is 0 Å². The van der Waals surface area contributed by atoms with Crippen molar-refractivity contribution in [2.75, 3.05) is 13.1 Å². The highest BCUT2D eigenvalue weighted by Crippen LogP contribution is 2.13. The van der Waals surface area contributed by atoms with Gasteiger partial charge in [0.2, 0.25) is 5.82 Å². The fraction of sp³-hybridized carbons (Fsp3) is 0.500. The van der Waals surface area contributed by atoms with Gasteiger partial charge in [0.1, 0.15) is 0 Å². The predicted octanol–water partition coefficient (Wildman–Crippen LogP) is 2.29. The number of benzene rings is 1. The highest BCUT2D eigenvalue weighted by molar-refractivity contribution is 5.52. The lowest BCUT2D eigenvalue weighted by Gasteiger charge is -2.10. The second kappa shape index (κ2) is 6.99. The number of rotatable bonds is 7. The predicted molar refractivity (Wildman–Crippen MR) is 75.7 cm³/mol. The largest absolute Gasteiger partial charge is 0.315 e. The van der Waals surface area contributed by atoms with Gasteiger partial charge in [-0.15, -0.1) is 10.2 Å². The molecule has 0 bridgehead atoms. The first-order valence-corrected chi connectivity index (χ1v) is 6.87. The van der Waals surface area contributed by atoms with Gasteiger partial charge >= 0.3 is 0 Å². The Balaban J connectivity index is 1.93. The zero-order chi connectivity index (χ0) is 13.5. The van der Waals surface area contributed by atoms with Crippen molar-refractivity contribution < 1.29 is 0 Å². The molecule has 0 saturated heterocycles. The van der Waals surface area contributed by atoms with Crippen molar-refractivity contribution in [2.24, 2.45) is 0 Å². The average molecular weight is 259 g/mol. The molecule has 2 rings (SSSR count). The monoisotopic (exact) mass is 259 g/mol. The van der Waals surface area contributed by atoms with Crippen molar-refractivity contribution in [3.8, 4) is 11.4 Å². The zero-order valence-electron chi connectivity index (χ0n) is 11.6. The highest BCUT2D eigenvalue weighted by atomic mass is 15.6. The van der Waals surface area contributed by atoms with Crippen LogP contribution in [0.4, 0.5) is 0 Å². The Hall–Kier alpha value is -1.75. The number of tetrazole rings is 1. The van der Waals surface area contributed by atoms with E-state index in [1.807, 2.05) is 30.3 Å². The molecule has 1 atom stereocenters. The second-order valence-corrected chi connectivity index (χ2v) is 4.71. The van der Waals surface area contributed by atoms with Crippen LogP contribution in [0.15, 0.2) is 30.3 Å². The van der Waals surface area contributed by atoms with Crippen LogP contribution in [0.25, 0.3) is 11.4 Å². The topological polar surface area (TPSA) is 55.6 Å². The van der Waals surface area contributed by atoms with E-state index in [-0.39, 0.29) is 6.04 Å². The summed E-state index contributed by atoms with van der Waals surface area (Å²) >= 11 is 0. The van der Waals surface area contributed by atoms with Gasteiger partial charge in [-0.2, -0.15) is 4.80 Å². The first kappa shape index (κ1) is 13.7. The summed E-state index contributed by atoms with van der Waals surface area (Å²) in [5.74, 6) is 0.681. The molecule has 1 aromatic heterocycles. The minimum absolute atomic E-state index is 0.210. The Labute approximate surface area is 114 Å². The van der Waals surface area contributed by atoms with Crippen molar-refractivity contribution in [3.63, 3.8) is 0 Å². The molecule has 0 radical (unpaired) electrons. The summed E-state index contributed by atoms with van der Waals surface area (Å²) < 4.78 is 0. The van der Waals surface area contributed by atoms with Gasteiger partial charge in [0.05, 0.1) is 6.04 Å². The van der Waals surface area contributed by atoms with E-state index >= 15 is 0 Å². The van der Waals surface area contributed by atoms with E-state index in [0.29, 0.717) is 5.82 Å². The second-order valence-electron chi connectivity index (χ2n) is 4.71. The summed E-state index contributed by atoms with van der Waals surface area (Å²) in [6, 6.07) is 10.1. The fourth-order valence-electron chi connectivity index (χ4n) is 1.81. The van der Waals surface area contributed by atoms with Crippen LogP contribution in [0.1, 0.15) is 32.7 Å². The van der Waals surface area contributed by atoms with Crippen LogP contribution < -0.4 is 5.32 Å². The molecule has 1 heterocycles. The highest BCUT2D eigenvalue weighted by Gasteiger charge is 2.10. The summed E-state index contributed by atoms with van der Waals surface area (Å²) in [5, 5.41) is 16.1. The third kappa shape index (κ3) is 3.86. The van der Waals surface area contributed by atoms with Gasteiger partial charge in [-0.1, -0.05) is 43.7 Å². The Morgan fingerprint density at radius 3 is 2.79 bits per heavy atom. The van der Waals surface area contributed by atoms with Crippen LogP contribution >= 0.6 is 0 Å². The molecule has 0 aliphatic rings. The van der Waals surface area contributed by atoms with E-state index in [9.17, 15) is 0 Å². The molecular formula is C14H21N5. The maximum atomic E-state index is 4.43. The van der Waals surface area contributed by atoms with E-state index in [0.717, 1.165) is 18.7 Å². The van der Waals surface area contributed by atoms with E-state index in [1.54, 1.807) is 4.80 Å². The van der Waals surface area contributed by atoms with E-state index in [2.05, 4.69) is 34.6 Å². The minimum Gasteiger partial charge on any atom is -0.315 e. The molecule has 19 heavy (non-hydrogen) atoms. The van der Waals surface area contributed by atoms with Gasteiger partial charge < -0.3 is 5.32 Å². The van der Waals surface area contributed by atoms with Crippen molar-refractivity contribution in [1.82, 2.24) is 25.5 Å². The molecule has 0 spiro atoms. The number of unbranched alkanes of at least 4 members (excludes halogenated alkanes) is 1. The minimum atomic E-state index is 0.210. The molecule has 1 unspecified atom stereocenters. The molecule has 0 aliphatic carbocycles. The van der Waals surface area contributed by atoms with Crippen LogP contribution in [0.2, 0.25) is 0 Å². The zero-order valence-corrected chi connectivity index (χ0v) is 11.6. The van der Waals surface area contributed by atoms with Gasteiger partial charge in [0.15, 0.2) is 0 Å². The number of aromatic nitrogens is 4. The van der Waals surface area contributed by atoms with Crippen LogP contribution in [0.5, 0.6) is 0 Å². The Kier molecular flexibility index (Phi) is 5.03. The van der Waals surface area contributed by atoms with Gasteiger partial charge in [0, 0.05) is 12.1 Å². The van der Waals surface area contributed by atoms with Gasteiger partial charge in [-0.25, -0.2) is 0 Å². The molecule has 102 valence electrons. The molecule has 0 amide bonds. The Bertz CT molecular complexity index is 480. The lowest BCUT2D eigenvalue weighted by Crippen LogP contribution is -2.25. The third-order valence-corrected chi connectivity index (χ3v) is 3.00. The van der Waals surface area contributed by atoms with E-state index in [4.69, 9.17) is 0 Å². The first-order valence-electron chi connectivity index (χ1n) is 6.87. The van der Waals surface area contributed by atoms with E-state index in [1.165, 1.54) is 12.8 Å². The number of hydrogen-bond acceptors (Lipinski definition) is 4. The summed E-state index contributed by atoms with van der Waals surface area (Å²) in [5.41, 5.74) is 1.000. The van der Waals surface area contributed by atoms with Gasteiger partial charge in [-0.3, -0.25) is 0 Å². The standard InChI is InChI=1S/C14H21N5/c1-3-4-10-15-11-12(2)19-17-14(16-18-19)13-8-6-5-7-9-13/h5-9,12,15H,3-4,10-11H2,1-2H3. The first-order chi connectivity index (χ1) is 9.31. The summed E-state index contributed by atoms with van der Waals surface area (Å²) in [6.45, 7) is 6.19. The van der Waals surface area contributed by atoms with Crippen LogP contribution in [-0.2, 0) is 0 Å². The van der Waals surface area contributed by atoms with Crippen LogP contribution in [0.3, 0.4) is 0 Å². The summed E-state index contributed by atoms with van der Waals surface area (Å²) in [7, 11) is 0. The van der Waals surface area contributed by atoms with Crippen molar-refractivity contribution >= 4 is 0 Å². The van der Waals surface area contributed by atoms with Crippen molar-refractivity contribution in [3.05, 3.63) is 30.3 Å².